The minimum Gasteiger partial charge on any atom is -0.207 e. The number of hydrogen-bond acceptors (Lipinski definition) is 1. The van der Waals surface area contributed by atoms with Crippen LogP contribution in [-0.2, 0) is 6.42 Å². The Morgan fingerprint density at radius 1 is 1.62 bits per heavy atom. The van der Waals surface area contributed by atoms with E-state index >= 15 is 0 Å². The molecule has 0 amide bonds. The molecule has 0 saturated carbocycles. The molecule has 0 saturated heterocycles. The molecule has 0 spiro atoms. The summed E-state index contributed by atoms with van der Waals surface area (Å²) < 4.78 is 13.0. The molecule has 3 heteroatoms. The summed E-state index contributed by atoms with van der Waals surface area (Å²) in [6.45, 7) is 1.70. The average Bonchev–Trinajstić information content (AvgIpc) is 2.11. The first-order chi connectivity index (χ1) is 6.13. The molecular formula is C10H9ClFN. The zero-order chi connectivity index (χ0) is 9.84. The van der Waals surface area contributed by atoms with Gasteiger partial charge in [-0.15, -0.1) is 11.6 Å². The van der Waals surface area contributed by atoms with Gasteiger partial charge >= 0.3 is 0 Å². The number of benzene rings is 1. The number of hydrogen-bond donors (Lipinski definition) is 0. The van der Waals surface area contributed by atoms with E-state index in [1.54, 1.807) is 19.1 Å². The molecule has 0 aliphatic rings. The molecule has 1 rings (SSSR count). The summed E-state index contributed by atoms with van der Waals surface area (Å²) in [5, 5.41) is 7.86. The van der Waals surface area contributed by atoms with Crippen LogP contribution in [0.15, 0.2) is 18.2 Å². The third-order valence-corrected chi connectivity index (χ3v) is 2.04. The van der Waals surface area contributed by atoms with Gasteiger partial charge in [-0.3, -0.25) is 0 Å². The van der Waals surface area contributed by atoms with E-state index in [2.05, 4.69) is 0 Å². The molecule has 1 unspecified atom stereocenters. The summed E-state index contributed by atoms with van der Waals surface area (Å²) in [4.78, 5) is 0. The van der Waals surface area contributed by atoms with E-state index in [-0.39, 0.29) is 5.82 Å². The van der Waals surface area contributed by atoms with Crippen molar-refractivity contribution < 1.29 is 4.39 Å². The minimum atomic E-state index is -0.581. The number of halogens is 2. The normalized spacial score (nSPS) is 12.2. The van der Waals surface area contributed by atoms with E-state index in [0.29, 0.717) is 12.0 Å². The van der Waals surface area contributed by atoms with Gasteiger partial charge < -0.3 is 0 Å². The summed E-state index contributed by atoms with van der Waals surface area (Å²) in [6.07, 6.45) is 0.384. The Labute approximate surface area is 81.8 Å². The Bertz CT molecular complexity index is 343. The first-order valence-electron chi connectivity index (χ1n) is 3.92. The van der Waals surface area contributed by atoms with Crippen LogP contribution in [0.5, 0.6) is 0 Å². The second-order valence-corrected chi connectivity index (χ2v) is 3.41. The molecule has 1 aromatic carbocycles. The molecule has 0 aromatic heterocycles. The lowest BCUT2D eigenvalue weighted by Gasteiger charge is -2.02. The highest BCUT2D eigenvalue weighted by atomic mass is 35.5. The SMILES string of the molecule is Cc1ccc(CC(Cl)C#N)cc1F. The summed E-state index contributed by atoms with van der Waals surface area (Å²) >= 11 is 5.61. The standard InChI is InChI=1S/C10H9ClFN/c1-7-2-3-8(5-10(7)12)4-9(11)6-13/h2-3,5,9H,4H2,1H3. The van der Waals surface area contributed by atoms with E-state index in [1.165, 1.54) is 6.07 Å². The maximum absolute atomic E-state index is 13.0. The fourth-order valence-corrected chi connectivity index (χ4v) is 1.19. The third-order valence-electron chi connectivity index (χ3n) is 1.79. The number of rotatable bonds is 2. The van der Waals surface area contributed by atoms with Crippen molar-refractivity contribution in [2.45, 2.75) is 18.7 Å². The van der Waals surface area contributed by atoms with Crippen molar-refractivity contribution in [1.29, 1.82) is 5.26 Å². The van der Waals surface area contributed by atoms with Crippen LogP contribution in [0.2, 0.25) is 0 Å². The Morgan fingerprint density at radius 2 is 2.31 bits per heavy atom. The maximum Gasteiger partial charge on any atom is 0.126 e. The molecule has 68 valence electrons. The Balaban J connectivity index is 2.81. The van der Waals surface area contributed by atoms with Gasteiger partial charge in [-0.05, 0) is 24.1 Å². The Hall–Kier alpha value is -1.07. The molecule has 0 heterocycles. The largest absolute Gasteiger partial charge is 0.207 e. The molecule has 0 radical (unpaired) electrons. The van der Waals surface area contributed by atoms with E-state index < -0.39 is 5.38 Å². The van der Waals surface area contributed by atoms with Crippen LogP contribution in [0.4, 0.5) is 4.39 Å². The highest BCUT2D eigenvalue weighted by Crippen LogP contribution is 2.12. The molecule has 1 aromatic rings. The molecule has 1 nitrogen and oxygen atoms in total. The van der Waals surface area contributed by atoms with E-state index in [4.69, 9.17) is 16.9 Å². The summed E-state index contributed by atoms with van der Waals surface area (Å²) in [6, 6.07) is 6.78. The van der Waals surface area contributed by atoms with Gasteiger partial charge in [-0.25, -0.2) is 4.39 Å². The predicted octanol–water partition coefficient (Wildman–Crippen LogP) is 2.81. The summed E-state index contributed by atoms with van der Waals surface area (Å²) in [7, 11) is 0. The van der Waals surface area contributed by atoms with Gasteiger partial charge in [0.1, 0.15) is 11.2 Å². The lowest BCUT2D eigenvalue weighted by Crippen LogP contribution is -2.00. The Morgan fingerprint density at radius 3 is 2.85 bits per heavy atom. The van der Waals surface area contributed by atoms with Gasteiger partial charge in [0.25, 0.3) is 0 Å². The van der Waals surface area contributed by atoms with Gasteiger partial charge in [-0.2, -0.15) is 5.26 Å². The van der Waals surface area contributed by atoms with Crippen molar-refractivity contribution in [2.24, 2.45) is 0 Å². The highest BCUT2D eigenvalue weighted by Gasteiger charge is 2.05. The maximum atomic E-state index is 13.0. The van der Waals surface area contributed by atoms with Crippen molar-refractivity contribution in [3.8, 4) is 6.07 Å². The van der Waals surface area contributed by atoms with Gasteiger partial charge in [0.15, 0.2) is 0 Å². The molecule has 0 bridgehead atoms. The lowest BCUT2D eigenvalue weighted by atomic mass is 10.1. The van der Waals surface area contributed by atoms with E-state index in [1.807, 2.05) is 6.07 Å². The second-order valence-electron chi connectivity index (χ2n) is 2.88. The number of nitriles is 1. The van der Waals surface area contributed by atoms with Gasteiger partial charge in [0.05, 0.1) is 6.07 Å². The van der Waals surface area contributed by atoms with Crippen molar-refractivity contribution in [3.05, 3.63) is 35.1 Å². The van der Waals surface area contributed by atoms with Crippen LogP contribution >= 0.6 is 11.6 Å². The third kappa shape index (κ3) is 2.71. The molecule has 0 aliphatic heterocycles. The van der Waals surface area contributed by atoms with Crippen LogP contribution in [0.25, 0.3) is 0 Å². The molecule has 0 aliphatic carbocycles. The summed E-state index contributed by atoms with van der Waals surface area (Å²) in [5.41, 5.74) is 1.36. The van der Waals surface area contributed by atoms with Crippen molar-refractivity contribution in [3.63, 3.8) is 0 Å². The lowest BCUT2D eigenvalue weighted by molar-refractivity contribution is 0.616. The summed E-state index contributed by atoms with van der Waals surface area (Å²) in [5.74, 6) is -0.251. The van der Waals surface area contributed by atoms with Crippen molar-refractivity contribution in [2.75, 3.05) is 0 Å². The van der Waals surface area contributed by atoms with Crippen molar-refractivity contribution in [1.82, 2.24) is 0 Å². The Kier molecular flexibility index (Phi) is 3.27. The highest BCUT2D eigenvalue weighted by molar-refractivity contribution is 6.22. The molecular weight excluding hydrogens is 189 g/mol. The molecule has 0 fully saturated rings. The molecule has 1 atom stereocenters. The zero-order valence-electron chi connectivity index (χ0n) is 7.22. The number of nitrogens with zero attached hydrogens (tertiary/aromatic N) is 1. The fourth-order valence-electron chi connectivity index (χ4n) is 1.02. The topological polar surface area (TPSA) is 23.8 Å². The second kappa shape index (κ2) is 4.25. The number of alkyl halides is 1. The molecule has 0 N–H and O–H groups in total. The van der Waals surface area contributed by atoms with Crippen LogP contribution in [0, 0.1) is 24.1 Å². The predicted molar refractivity (Wildman–Crippen MR) is 50.1 cm³/mol. The van der Waals surface area contributed by atoms with E-state index in [9.17, 15) is 4.39 Å². The first kappa shape index (κ1) is 10.0. The van der Waals surface area contributed by atoms with Crippen LogP contribution in [-0.4, -0.2) is 5.38 Å². The molecule has 13 heavy (non-hydrogen) atoms. The van der Waals surface area contributed by atoms with Crippen LogP contribution < -0.4 is 0 Å². The quantitative estimate of drug-likeness (QED) is 0.669. The van der Waals surface area contributed by atoms with Gasteiger partial charge in [0, 0.05) is 6.42 Å². The van der Waals surface area contributed by atoms with Gasteiger partial charge in [0.2, 0.25) is 0 Å². The monoisotopic (exact) mass is 197 g/mol. The van der Waals surface area contributed by atoms with Gasteiger partial charge in [-0.1, -0.05) is 12.1 Å². The van der Waals surface area contributed by atoms with E-state index in [0.717, 1.165) is 5.56 Å². The van der Waals surface area contributed by atoms with Crippen LogP contribution in [0.1, 0.15) is 11.1 Å². The van der Waals surface area contributed by atoms with Crippen molar-refractivity contribution >= 4 is 11.6 Å². The smallest absolute Gasteiger partial charge is 0.126 e. The minimum absolute atomic E-state index is 0.251. The van der Waals surface area contributed by atoms with Crippen LogP contribution in [0.3, 0.4) is 0 Å². The first-order valence-corrected chi connectivity index (χ1v) is 4.36. The fraction of sp³-hybridized carbons (Fsp3) is 0.300. The average molecular weight is 198 g/mol. The zero-order valence-corrected chi connectivity index (χ0v) is 7.98. The number of aryl methyl sites for hydroxylation is 1.